The smallest absolute Gasteiger partial charge is 0.267 e. The fraction of sp³-hybridized carbons (Fsp3) is 0.118. The third-order valence-electron chi connectivity index (χ3n) is 3.59. The van der Waals surface area contributed by atoms with Crippen molar-refractivity contribution >= 4 is 22.5 Å². The summed E-state index contributed by atoms with van der Waals surface area (Å²) < 4.78 is 15.0. The number of aromatic nitrogens is 2. The highest BCUT2D eigenvalue weighted by Gasteiger charge is 2.19. The van der Waals surface area contributed by atoms with E-state index in [2.05, 4.69) is 4.98 Å². The third-order valence-corrected chi connectivity index (χ3v) is 3.96. The second-order valence-electron chi connectivity index (χ2n) is 5.32. The van der Waals surface area contributed by atoms with Crippen LogP contribution in [0.25, 0.3) is 16.6 Å². The molecule has 2 aromatic carbocycles. The lowest BCUT2D eigenvalue weighted by molar-refractivity contribution is 0.629. The second-order valence-corrected chi connectivity index (χ2v) is 5.69. The lowest BCUT2D eigenvalue weighted by Crippen LogP contribution is -2.27. The minimum absolute atomic E-state index is 0.0246. The zero-order chi connectivity index (χ0) is 17.4. The first-order valence-electron chi connectivity index (χ1n) is 7.11. The van der Waals surface area contributed by atoms with E-state index in [0.717, 1.165) is 6.07 Å². The maximum Gasteiger partial charge on any atom is 0.267 e. The second kappa shape index (κ2) is 6.04. The van der Waals surface area contributed by atoms with Crippen molar-refractivity contribution in [3.05, 3.63) is 69.0 Å². The number of nitrogens with zero attached hydrogens (tertiary/aromatic N) is 3. The first-order valence-corrected chi connectivity index (χ1v) is 7.48. The Morgan fingerprint density at radius 3 is 2.79 bits per heavy atom. The Kier molecular flexibility index (Phi) is 4.06. The summed E-state index contributed by atoms with van der Waals surface area (Å²) >= 11 is 5.97. The number of benzene rings is 2. The Bertz CT molecular complexity index is 1050. The summed E-state index contributed by atoms with van der Waals surface area (Å²) in [4.78, 5) is 17.3. The van der Waals surface area contributed by atoms with E-state index in [0.29, 0.717) is 17.1 Å². The highest BCUT2D eigenvalue weighted by atomic mass is 35.5. The fourth-order valence-corrected chi connectivity index (χ4v) is 2.74. The van der Waals surface area contributed by atoms with Gasteiger partial charge in [-0.05, 0) is 37.3 Å². The number of halogens is 2. The van der Waals surface area contributed by atoms with Crippen LogP contribution in [0.4, 0.5) is 4.39 Å². The van der Waals surface area contributed by atoms with E-state index in [-0.39, 0.29) is 15.9 Å². The zero-order valence-electron chi connectivity index (χ0n) is 12.6. The van der Waals surface area contributed by atoms with Crippen molar-refractivity contribution in [2.24, 2.45) is 5.73 Å². The molecule has 0 spiro atoms. The molecule has 0 aliphatic rings. The summed E-state index contributed by atoms with van der Waals surface area (Å²) in [7, 11) is 0. The Balaban J connectivity index is 2.47. The maximum absolute atomic E-state index is 13.8. The Hall–Kier alpha value is -2.75. The molecule has 0 aliphatic carbocycles. The van der Waals surface area contributed by atoms with Crippen LogP contribution < -0.4 is 11.3 Å². The van der Waals surface area contributed by atoms with Gasteiger partial charge in [-0.25, -0.2) is 9.37 Å². The summed E-state index contributed by atoms with van der Waals surface area (Å²) in [6, 6.07) is 10.4. The fourth-order valence-electron chi connectivity index (χ4n) is 2.50. The molecule has 0 fully saturated rings. The van der Waals surface area contributed by atoms with Crippen molar-refractivity contribution in [2.75, 3.05) is 0 Å². The molecule has 1 aromatic heterocycles. The van der Waals surface area contributed by atoms with E-state index >= 15 is 0 Å². The van der Waals surface area contributed by atoms with Gasteiger partial charge in [0.15, 0.2) is 0 Å². The van der Waals surface area contributed by atoms with Gasteiger partial charge in [0.25, 0.3) is 5.56 Å². The maximum atomic E-state index is 13.8. The van der Waals surface area contributed by atoms with Crippen molar-refractivity contribution in [3.8, 4) is 11.8 Å². The van der Waals surface area contributed by atoms with E-state index in [9.17, 15) is 9.18 Å². The molecule has 24 heavy (non-hydrogen) atoms. The SMILES string of the molecule is CC(N)c1nc2ccc(F)c(Cl)c2c(=O)n1-c1cccc(C#N)c1. The molecule has 0 aliphatic heterocycles. The van der Waals surface area contributed by atoms with Crippen LogP contribution in [0, 0.1) is 17.1 Å². The summed E-state index contributed by atoms with van der Waals surface area (Å²) in [6.07, 6.45) is 0. The summed E-state index contributed by atoms with van der Waals surface area (Å²) in [5.41, 5.74) is 6.48. The molecule has 1 unspecified atom stereocenters. The Labute approximate surface area is 141 Å². The van der Waals surface area contributed by atoms with Crippen LogP contribution in [0.2, 0.25) is 5.02 Å². The molecule has 120 valence electrons. The van der Waals surface area contributed by atoms with Gasteiger partial charge in [0.2, 0.25) is 0 Å². The highest BCUT2D eigenvalue weighted by molar-refractivity contribution is 6.35. The highest BCUT2D eigenvalue weighted by Crippen LogP contribution is 2.25. The summed E-state index contributed by atoms with van der Waals surface area (Å²) in [5.74, 6) is -0.404. The zero-order valence-corrected chi connectivity index (χ0v) is 13.4. The molecule has 2 N–H and O–H groups in total. The van der Waals surface area contributed by atoms with Crippen molar-refractivity contribution in [1.29, 1.82) is 5.26 Å². The average molecular weight is 343 g/mol. The topological polar surface area (TPSA) is 84.7 Å². The van der Waals surface area contributed by atoms with Gasteiger partial charge in [0, 0.05) is 0 Å². The standard InChI is InChI=1S/C17H12ClFN4O/c1-9(21)16-22-13-6-5-12(19)15(18)14(13)17(24)23(16)11-4-2-3-10(7-11)8-20/h2-7,9H,21H2,1H3. The van der Waals surface area contributed by atoms with Gasteiger partial charge in [-0.15, -0.1) is 0 Å². The van der Waals surface area contributed by atoms with Crippen LogP contribution in [0.3, 0.4) is 0 Å². The molecule has 3 aromatic rings. The molecular weight excluding hydrogens is 331 g/mol. The summed E-state index contributed by atoms with van der Waals surface area (Å²) in [5, 5.41) is 8.75. The van der Waals surface area contributed by atoms with E-state index < -0.39 is 17.4 Å². The molecule has 1 heterocycles. The van der Waals surface area contributed by atoms with Gasteiger partial charge >= 0.3 is 0 Å². The molecule has 7 heteroatoms. The predicted molar refractivity (Wildman–Crippen MR) is 89.6 cm³/mol. The van der Waals surface area contributed by atoms with Crippen molar-refractivity contribution < 1.29 is 4.39 Å². The predicted octanol–water partition coefficient (Wildman–Crippen LogP) is 3.07. The van der Waals surface area contributed by atoms with Gasteiger partial charge in [0.05, 0.1) is 39.3 Å². The average Bonchev–Trinajstić information content (AvgIpc) is 2.57. The monoisotopic (exact) mass is 342 g/mol. The normalized spacial score (nSPS) is 12.1. The van der Waals surface area contributed by atoms with Crippen molar-refractivity contribution in [3.63, 3.8) is 0 Å². The van der Waals surface area contributed by atoms with E-state index in [1.807, 2.05) is 6.07 Å². The Morgan fingerprint density at radius 1 is 1.38 bits per heavy atom. The first kappa shape index (κ1) is 16.1. The molecule has 5 nitrogen and oxygen atoms in total. The summed E-state index contributed by atoms with van der Waals surface area (Å²) in [6.45, 7) is 1.68. The Morgan fingerprint density at radius 2 is 2.12 bits per heavy atom. The number of hydrogen-bond donors (Lipinski definition) is 1. The molecular formula is C17H12ClFN4O. The van der Waals surface area contributed by atoms with Crippen molar-refractivity contribution in [2.45, 2.75) is 13.0 Å². The largest absolute Gasteiger partial charge is 0.322 e. The minimum atomic E-state index is -0.700. The molecule has 0 radical (unpaired) electrons. The van der Waals surface area contributed by atoms with Crippen LogP contribution in [-0.2, 0) is 0 Å². The van der Waals surface area contributed by atoms with E-state index in [4.69, 9.17) is 22.6 Å². The van der Waals surface area contributed by atoms with Gasteiger partial charge < -0.3 is 5.73 Å². The van der Waals surface area contributed by atoms with Crippen LogP contribution >= 0.6 is 11.6 Å². The quantitative estimate of drug-likeness (QED) is 0.775. The minimum Gasteiger partial charge on any atom is -0.322 e. The molecule has 0 saturated carbocycles. The van der Waals surface area contributed by atoms with Crippen molar-refractivity contribution in [1.82, 2.24) is 9.55 Å². The molecule has 3 rings (SSSR count). The van der Waals surface area contributed by atoms with Gasteiger partial charge in [-0.2, -0.15) is 5.26 Å². The number of fused-ring (bicyclic) bond motifs is 1. The first-order chi connectivity index (χ1) is 11.4. The van der Waals surface area contributed by atoms with Gasteiger partial charge in [0.1, 0.15) is 11.6 Å². The van der Waals surface area contributed by atoms with Gasteiger partial charge in [-0.3, -0.25) is 9.36 Å². The number of nitrogens with two attached hydrogens (primary N) is 1. The van der Waals surface area contributed by atoms with Crippen LogP contribution in [0.15, 0.2) is 41.2 Å². The number of rotatable bonds is 2. The van der Waals surface area contributed by atoms with Crippen LogP contribution in [-0.4, -0.2) is 9.55 Å². The molecule has 0 saturated heterocycles. The lowest BCUT2D eigenvalue weighted by atomic mass is 10.1. The van der Waals surface area contributed by atoms with Gasteiger partial charge in [-0.1, -0.05) is 17.7 Å². The molecule has 0 bridgehead atoms. The van der Waals surface area contributed by atoms with E-state index in [1.54, 1.807) is 25.1 Å². The van der Waals surface area contributed by atoms with Crippen LogP contribution in [0.5, 0.6) is 0 Å². The number of hydrogen-bond acceptors (Lipinski definition) is 4. The molecule has 1 atom stereocenters. The third kappa shape index (κ3) is 2.54. The molecule has 0 amide bonds. The number of nitriles is 1. The van der Waals surface area contributed by atoms with Crippen LogP contribution in [0.1, 0.15) is 24.4 Å². The van der Waals surface area contributed by atoms with E-state index in [1.165, 1.54) is 16.7 Å². The lowest BCUT2D eigenvalue weighted by Gasteiger charge is -2.16.